The normalized spacial score (nSPS) is 10.3. The molecule has 0 saturated carbocycles. The zero-order valence-electron chi connectivity index (χ0n) is 13.3. The van der Waals surface area contributed by atoms with Crippen LogP contribution in [-0.4, -0.2) is 15.8 Å². The van der Waals surface area contributed by atoms with Gasteiger partial charge in [0, 0.05) is 19.3 Å². The Labute approximate surface area is 141 Å². The van der Waals surface area contributed by atoms with Gasteiger partial charge in [0.2, 0.25) is 0 Å². The van der Waals surface area contributed by atoms with Gasteiger partial charge in [-0.1, -0.05) is 60.7 Å². The minimum absolute atomic E-state index is 0.117. The minimum Gasteiger partial charge on any atom is -0.383 e. The van der Waals surface area contributed by atoms with Crippen LogP contribution < -0.4 is 5.73 Å². The molecule has 1 heterocycles. The van der Waals surface area contributed by atoms with Crippen molar-refractivity contribution in [3.05, 3.63) is 95.7 Å². The average molecular weight is 317 g/mol. The summed E-state index contributed by atoms with van der Waals surface area (Å²) in [5.41, 5.74) is 8.47. The van der Waals surface area contributed by atoms with Crippen molar-refractivity contribution in [2.75, 3.05) is 5.73 Å². The highest BCUT2D eigenvalue weighted by molar-refractivity contribution is 5.98. The Hall–Kier alpha value is -3.14. The smallest absolute Gasteiger partial charge is 0.258 e. The number of nitrogens with two attached hydrogens (primary N) is 1. The maximum absolute atomic E-state index is 13.0. The molecule has 1 amide bonds. The molecule has 2 aromatic carbocycles. The number of aromatic nitrogens is 1. The van der Waals surface area contributed by atoms with Crippen LogP contribution in [0.1, 0.15) is 21.5 Å². The zero-order valence-corrected chi connectivity index (χ0v) is 13.3. The minimum atomic E-state index is -0.117. The molecule has 1 aromatic heterocycles. The van der Waals surface area contributed by atoms with Crippen LogP contribution in [0.15, 0.2) is 79.0 Å². The monoisotopic (exact) mass is 317 g/mol. The summed E-state index contributed by atoms with van der Waals surface area (Å²) in [4.78, 5) is 18.8. The Morgan fingerprint density at radius 2 is 1.38 bits per heavy atom. The second-order valence-corrected chi connectivity index (χ2v) is 5.57. The van der Waals surface area contributed by atoms with Crippen molar-refractivity contribution in [3.8, 4) is 0 Å². The van der Waals surface area contributed by atoms with Crippen molar-refractivity contribution in [1.82, 2.24) is 9.88 Å². The lowest BCUT2D eigenvalue weighted by molar-refractivity contribution is 0.0731. The summed E-state index contributed by atoms with van der Waals surface area (Å²) in [7, 11) is 0. The Kier molecular flexibility index (Phi) is 4.87. The van der Waals surface area contributed by atoms with Gasteiger partial charge in [-0.2, -0.15) is 0 Å². The highest BCUT2D eigenvalue weighted by Gasteiger charge is 2.19. The maximum Gasteiger partial charge on any atom is 0.258 e. The van der Waals surface area contributed by atoms with E-state index < -0.39 is 0 Å². The van der Waals surface area contributed by atoms with Crippen LogP contribution >= 0.6 is 0 Å². The van der Waals surface area contributed by atoms with E-state index in [0.717, 1.165) is 11.1 Å². The molecule has 0 fully saturated rings. The number of pyridine rings is 1. The van der Waals surface area contributed by atoms with Crippen LogP contribution in [0, 0.1) is 0 Å². The molecular formula is C20H19N3O. The van der Waals surface area contributed by atoms with Crippen LogP contribution in [0.4, 0.5) is 5.82 Å². The lowest BCUT2D eigenvalue weighted by Crippen LogP contribution is -2.30. The Balaban J connectivity index is 1.89. The van der Waals surface area contributed by atoms with Gasteiger partial charge in [-0.15, -0.1) is 0 Å². The summed E-state index contributed by atoms with van der Waals surface area (Å²) < 4.78 is 0. The van der Waals surface area contributed by atoms with Gasteiger partial charge in [-0.05, 0) is 23.3 Å². The number of carbonyl (C=O) groups excluding carboxylic acids is 1. The van der Waals surface area contributed by atoms with E-state index in [4.69, 9.17) is 5.73 Å². The average Bonchev–Trinajstić information content (AvgIpc) is 2.63. The van der Waals surface area contributed by atoms with E-state index in [2.05, 4.69) is 4.98 Å². The van der Waals surface area contributed by atoms with Gasteiger partial charge in [0.25, 0.3) is 5.91 Å². The predicted molar refractivity (Wildman–Crippen MR) is 95.1 cm³/mol. The standard InChI is InChI=1S/C20H19N3O/c21-19-18(12-7-13-22-19)20(24)23(14-16-8-3-1-4-9-16)15-17-10-5-2-6-11-17/h1-13H,14-15H2,(H2,21,22). The van der Waals surface area contributed by atoms with E-state index >= 15 is 0 Å². The van der Waals surface area contributed by atoms with Crippen LogP contribution in [0.25, 0.3) is 0 Å². The third-order valence-electron chi connectivity index (χ3n) is 3.79. The molecule has 120 valence electrons. The summed E-state index contributed by atoms with van der Waals surface area (Å²) in [6.45, 7) is 1.03. The molecule has 0 aliphatic heterocycles. The largest absolute Gasteiger partial charge is 0.383 e. The van der Waals surface area contributed by atoms with E-state index in [1.807, 2.05) is 60.7 Å². The first-order valence-corrected chi connectivity index (χ1v) is 7.81. The summed E-state index contributed by atoms with van der Waals surface area (Å²) in [5.74, 6) is 0.141. The highest BCUT2D eigenvalue weighted by atomic mass is 16.2. The van der Waals surface area contributed by atoms with E-state index in [1.54, 1.807) is 23.2 Å². The van der Waals surface area contributed by atoms with E-state index in [0.29, 0.717) is 18.7 Å². The topological polar surface area (TPSA) is 59.2 Å². The molecule has 3 aromatic rings. The van der Waals surface area contributed by atoms with Crippen LogP contribution in [0.5, 0.6) is 0 Å². The Morgan fingerprint density at radius 1 is 0.833 bits per heavy atom. The molecule has 4 nitrogen and oxygen atoms in total. The second kappa shape index (κ2) is 7.42. The van der Waals surface area contributed by atoms with E-state index in [9.17, 15) is 4.79 Å². The molecule has 0 unspecified atom stereocenters. The highest BCUT2D eigenvalue weighted by Crippen LogP contribution is 2.16. The van der Waals surface area contributed by atoms with Crippen LogP contribution in [0.2, 0.25) is 0 Å². The lowest BCUT2D eigenvalue weighted by atomic mass is 10.1. The van der Waals surface area contributed by atoms with Crippen LogP contribution in [0.3, 0.4) is 0 Å². The number of nitrogens with zero attached hydrogens (tertiary/aromatic N) is 2. The molecule has 24 heavy (non-hydrogen) atoms. The third-order valence-corrected chi connectivity index (χ3v) is 3.79. The first kappa shape index (κ1) is 15.7. The second-order valence-electron chi connectivity index (χ2n) is 5.57. The number of rotatable bonds is 5. The number of benzene rings is 2. The molecule has 0 saturated heterocycles. The molecule has 0 spiro atoms. The summed E-state index contributed by atoms with van der Waals surface area (Å²) in [6.07, 6.45) is 1.59. The Bertz CT molecular complexity index is 762. The fourth-order valence-electron chi connectivity index (χ4n) is 2.58. The van der Waals surface area contributed by atoms with Crippen molar-refractivity contribution in [2.24, 2.45) is 0 Å². The quantitative estimate of drug-likeness (QED) is 0.783. The zero-order chi connectivity index (χ0) is 16.8. The Morgan fingerprint density at radius 3 is 1.88 bits per heavy atom. The SMILES string of the molecule is Nc1ncccc1C(=O)N(Cc1ccccc1)Cc1ccccc1. The first-order valence-electron chi connectivity index (χ1n) is 7.81. The van der Waals surface area contributed by atoms with E-state index in [1.165, 1.54) is 0 Å². The number of carbonyl (C=O) groups is 1. The van der Waals surface area contributed by atoms with Gasteiger partial charge in [0.05, 0.1) is 5.56 Å². The van der Waals surface area contributed by atoms with Crippen molar-refractivity contribution < 1.29 is 4.79 Å². The van der Waals surface area contributed by atoms with Gasteiger partial charge in [0.1, 0.15) is 5.82 Å². The van der Waals surface area contributed by atoms with Crippen molar-refractivity contribution in [1.29, 1.82) is 0 Å². The molecule has 0 radical (unpaired) electrons. The molecule has 0 aliphatic carbocycles. The van der Waals surface area contributed by atoms with Crippen molar-refractivity contribution >= 4 is 11.7 Å². The van der Waals surface area contributed by atoms with Crippen molar-refractivity contribution in [2.45, 2.75) is 13.1 Å². The maximum atomic E-state index is 13.0. The molecule has 0 bridgehead atoms. The molecule has 0 atom stereocenters. The fourth-order valence-corrected chi connectivity index (χ4v) is 2.58. The molecule has 4 heteroatoms. The fraction of sp³-hybridized carbons (Fsp3) is 0.100. The molecule has 0 aliphatic rings. The number of amides is 1. The summed E-state index contributed by atoms with van der Waals surface area (Å²) >= 11 is 0. The van der Waals surface area contributed by atoms with Gasteiger partial charge < -0.3 is 10.6 Å². The molecule has 3 rings (SSSR count). The van der Waals surface area contributed by atoms with Crippen LogP contribution in [-0.2, 0) is 13.1 Å². The van der Waals surface area contributed by atoms with E-state index in [-0.39, 0.29) is 11.7 Å². The predicted octanol–water partition coefficient (Wildman–Crippen LogP) is 3.51. The number of hydrogen-bond donors (Lipinski definition) is 1. The lowest BCUT2D eigenvalue weighted by Gasteiger charge is -2.23. The number of nitrogen functional groups attached to an aromatic ring is 1. The third kappa shape index (κ3) is 3.79. The van der Waals surface area contributed by atoms with Crippen molar-refractivity contribution in [3.63, 3.8) is 0 Å². The first-order chi connectivity index (χ1) is 11.7. The number of anilines is 1. The van der Waals surface area contributed by atoms with Gasteiger partial charge in [-0.25, -0.2) is 4.98 Å². The van der Waals surface area contributed by atoms with Gasteiger partial charge in [-0.3, -0.25) is 4.79 Å². The molecule has 2 N–H and O–H groups in total. The summed E-state index contributed by atoms with van der Waals surface area (Å²) in [6, 6.07) is 23.3. The van der Waals surface area contributed by atoms with Gasteiger partial charge >= 0.3 is 0 Å². The number of hydrogen-bond acceptors (Lipinski definition) is 3. The summed E-state index contributed by atoms with van der Waals surface area (Å²) in [5, 5.41) is 0. The molecular weight excluding hydrogens is 298 g/mol. The van der Waals surface area contributed by atoms with Gasteiger partial charge in [0.15, 0.2) is 0 Å².